The van der Waals surface area contributed by atoms with Gasteiger partial charge in [0, 0.05) is 32.7 Å². The number of hydrogen-bond acceptors (Lipinski definition) is 3. The number of nitrogens with zero attached hydrogens (tertiary/aromatic N) is 2. The Morgan fingerprint density at radius 1 is 1.00 bits per heavy atom. The fourth-order valence-corrected chi connectivity index (χ4v) is 2.91. The summed E-state index contributed by atoms with van der Waals surface area (Å²) < 4.78 is 6.06. The quantitative estimate of drug-likeness (QED) is 0.903. The molecule has 0 aliphatic carbocycles. The lowest BCUT2D eigenvalue weighted by Gasteiger charge is -2.36. The van der Waals surface area contributed by atoms with E-state index >= 15 is 0 Å². The first-order valence-corrected chi connectivity index (χ1v) is 8.87. The SMILES string of the molecule is CCCNC(=O)N1CCN(c2ccccc2Oc2ccccc2)CC1. The molecule has 0 saturated carbocycles. The van der Waals surface area contributed by atoms with Crippen LogP contribution in [0.5, 0.6) is 11.5 Å². The largest absolute Gasteiger partial charge is 0.455 e. The molecule has 132 valence electrons. The van der Waals surface area contributed by atoms with Gasteiger partial charge in [-0.05, 0) is 30.7 Å². The van der Waals surface area contributed by atoms with E-state index < -0.39 is 0 Å². The van der Waals surface area contributed by atoms with Gasteiger partial charge in [-0.2, -0.15) is 0 Å². The van der Waals surface area contributed by atoms with Crippen molar-refractivity contribution in [1.82, 2.24) is 10.2 Å². The molecular weight excluding hydrogens is 314 g/mol. The molecule has 2 aromatic rings. The van der Waals surface area contributed by atoms with Crippen molar-refractivity contribution in [3.8, 4) is 11.5 Å². The maximum atomic E-state index is 12.1. The molecule has 5 nitrogen and oxygen atoms in total. The van der Waals surface area contributed by atoms with Gasteiger partial charge in [-0.15, -0.1) is 0 Å². The number of amides is 2. The van der Waals surface area contributed by atoms with Gasteiger partial charge in [0.25, 0.3) is 0 Å². The topological polar surface area (TPSA) is 44.8 Å². The number of hydrogen-bond donors (Lipinski definition) is 1. The second-order valence-electron chi connectivity index (χ2n) is 6.09. The summed E-state index contributed by atoms with van der Waals surface area (Å²) in [6.07, 6.45) is 0.954. The van der Waals surface area contributed by atoms with Crippen molar-refractivity contribution < 1.29 is 9.53 Å². The van der Waals surface area contributed by atoms with Crippen LogP contribution < -0.4 is 15.0 Å². The van der Waals surface area contributed by atoms with Gasteiger partial charge in [-0.3, -0.25) is 0 Å². The van der Waals surface area contributed by atoms with Crippen LogP contribution in [0.25, 0.3) is 0 Å². The van der Waals surface area contributed by atoms with Crippen LogP contribution in [-0.4, -0.2) is 43.7 Å². The maximum Gasteiger partial charge on any atom is 0.317 e. The number of ether oxygens (including phenoxy) is 1. The van der Waals surface area contributed by atoms with E-state index in [1.807, 2.05) is 53.4 Å². The number of carbonyl (C=O) groups excluding carboxylic acids is 1. The molecule has 1 N–H and O–H groups in total. The number of nitrogens with one attached hydrogen (secondary N) is 1. The third-order valence-corrected chi connectivity index (χ3v) is 4.27. The van der Waals surface area contributed by atoms with Crippen molar-refractivity contribution in [2.75, 3.05) is 37.6 Å². The van der Waals surface area contributed by atoms with Crippen LogP contribution in [0, 0.1) is 0 Å². The highest BCUT2D eigenvalue weighted by atomic mass is 16.5. The number of anilines is 1. The van der Waals surface area contributed by atoms with Crippen LogP contribution in [0.1, 0.15) is 13.3 Å². The first-order valence-electron chi connectivity index (χ1n) is 8.87. The molecule has 1 heterocycles. The predicted molar refractivity (Wildman–Crippen MR) is 100 cm³/mol. The van der Waals surface area contributed by atoms with E-state index in [2.05, 4.69) is 23.2 Å². The minimum Gasteiger partial charge on any atom is -0.455 e. The minimum atomic E-state index is 0.0373. The first kappa shape index (κ1) is 17.1. The Morgan fingerprint density at radius 3 is 2.40 bits per heavy atom. The standard InChI is InChI=1S/C20H25N3O2/c1-2-12-21-20(24)23-15-13-22(14-16-23)18-10-6-7-11-19(18)25-17-8-4-3-5-9-17/h3-11H,2,12-16H2,1H3,(H,21,24). The Kier molecular flexibility index (Phi) is 5.77. The minimum absolute atomic E-state index is 0.0373. The van der Waals surface area contributed by atoms with Crippen molar-refractivity contribution in [2.24, 2.45) is 0 Å². The number of para-hydroxylation sites is 3. The van der Waals surface area contributed by atoms with Gasteiger partial charge in [0.15, 0.2) is 5.75 Å². The van der Waals surface area contributed by atoms with E-state index in [9.17, 15) is 4.79 Å². The zero-order valence-electron chi connectivity index (χ0n) is 14.6. The van der Waals surface area contributed by atoms with E-state index in [-0.39, 0.29) is 6.03 Å². The summed E-state index contributed by atoms with van der Waals surface area (Å²) in [5.41, 5.74) is 1.07. The van der Waals surface area contributed by atoms with E-state index in [1.54, 1.807) is 0 Å². The molecule has 5 heteroatoms. The van der Waals surface area contributed by atoms with Gasteiger partial charge in [0.1, 0.15) is 5.75 Å². The molecule has 1 aliphatic rings. The second-order valence-corrected chi connectivity index (χ2v) is 6.09. The molecule has 1 saturated heterocycles. The third kappa shape index (κ3) is 4.44. The van der Waals surface area contributed by atoms with Gasteiger partial charge in [0.2, 0.25) is 0 Å². The first-order chi connectivity index (χ1) is 12.3. The molecule has 2 aromatic carbocycles. The summed E-state index contributed by atoms with van der Waals surface area (Å²) in [7, 11) is 0. The highest BCUT2D eigenvalue weighted by molar-refractivity contribution is 5.74. The third-order valence-electron chi connectivity index (χ3n) is 4.27. The lowest BCUT2D eigenvalue weighted by atomic mass is 10.2. The number of urea groups is 1. The normalized spacial score (nSPS) is 14.3. The molecule has 3 rings (SSSR count). The molecule has 0 spiro atoms. The molecule has 0 unspecified atom stereocenters. The van der Waals surface area contributed by atoms with Gasteiger partial charge >= 0.3 is 6.03 Å². The summed E-state index contributed by atoms with van der Waals surface area (Å²) in [6, 6.07) is 17.9. The average molecular weight is 339 g/mol. The van der Waals surface area contributed by atoms with Crippen LogP contribution in [0.2, 0.25) is 0 Å². The predicted octanol–water partition coefficient (Wildman–Crippen LogP) is 3.72. The van der Waals surface area contributed by atoms with Crippen LogP contribution in [0.15, 0.2) is 54.6 Å². The fraction of sp³-hybridized carbons (Fsp3) is 0.350. The molecule has 2 amide bonds. The van der Waals surface area contributed by atoms with Crippen molar-refractivity contribution in [1.29, 1.82) is 0 Å². The zero-order valence-corrected chi connectivity index (χ0v) is 14.6. The molecule has 0 bridgehead atoms. The highest BCUT2D eigenvalue weighted by Crippen LogP contribution is 2.32. The summed E-state index contributed by atoms with van der Waals surface area (Å²) in [6.45, 7) is 5.82. The van der Waals surface area contributed by atoms with Crippen molar-refractivity contribution in [3.05, 3.63) is 54.6 Å². The van der Waals surface area contributed by atoms with Crippen LogP contribution in [0.4, 0.5) is 10.5 Å². The number of benzene rings is 2. The molecule has 1 aliphatic heterocycles. The Hall–Kier alpha value is -2.69. The lowest BCUT2D eigenvalue weighted by molar-refractivity contribution is 0.194. The van der Waals surface area contributed by atoms with E-state index in [0.29, 0.717) is 0 Å². The Balaban J connectivity index is 1.64. The zero-order chi connectivity index (χ0) is 17.5. The lowest BCUT2D eigenvalue weighted by Crippen LogP contribution is -2.52. The Bertz CT molecular complexity index is 682. The Labute approximate surface area is 149 Å². The Morgan fingerprint density at radius 2 is 1.68 bits per heavy atom. The highest BCUT2D eigenvalue weighted by Gasteiger charge is 2.22. The summed E-state index contributed by atoms with van der Waals surface area (Å²) >= 11 is 0. The summed E-state index contributed by atoms with van der Waals surface area (Å²) in [4.78, 5) is 16.2. The molecule has 0 aromatic heterocycles. The van der Waals surface area contributed by atoms with Crippen LogP contribution in [0.3, 0.4) is 0 Å². The van der Waals surface area contributed by atoms with Crippen LogP contribution in [-0.2, 0) is 0 Å². The average Bonchev–Trinajstić information content (AvgIpc) is 2.67. The van der Waals surface area contributed by atoms with Crippen LogP contribution >= 0.6 is 0 Å². The number of carbonyl (C=O) groups is 1. The van der Waals surface area contributed by atoms with Crippen molar-refractivity contribution >= 4 is 11.7 Å². The summed E-state index contributed by atoms with van der Waals surface area (Å²) in [5.74, 6) is 1.67. The van der Waals surface area contributed by atoms with Gasteiger partial charge < -0.3 is 19.9 Å². The molecule has 1 fully saturated rings. The van der Waals surface area contributed by atoms with E-state index in [1.165, 1.54) is 0 Å². The molecule has 0 atom stereocenters. The van der Waals surface area contributed by atoms with Crippen molar-refractivity contribution in [2.45, 2.75) is 13.3 Å². The molecular formula is C20H25N3O2. The fourth-order valence-electron chi connectivity index (χ4n) is 2.91. The van der Waals surface area contributed by atoms with E-state index in [4.69, 9.17) is 4.74 Å². The number of piperazine rings is 1. The molecule has 25 heavy (non-hydrogen) atoms. The second kappa shape index (κ2) is 8.42. The van der Waals surface area contributed by atoms with E-state index in [0.717, 1.165) is 56.3 Å². The van der Waals surface area contributed by atoms with Gasteiger partial charge in [-0.1, -0.05) is 37.3 Å². The van der Waals surface area contributed by atoms with Gasteiger partial charge in [0.05, 0.1) is 5.69 Å². The number of rotatable bonds is 5. The maximum absolute atomic E-state index is 12.1. The smallest absolute Gasteiger partial charge is 0.317 e. The van der Waals surface area contributed by atoms with Gasteiger partial charge in [-0.25, -0.2) is 4.79 Å². The summed E-state index contributed by atoms with van der Waals surface area (Å²) in [5, 5.41) is 2.94. The monoisotopic (exact) mass is 339 g/mol. The van der Waals surface area contributed by atoms with Crippen molar-refractivity contribution in [3.63, 3.8) is 0 Å². The molecule has 0 radical (unpaired) electrons.